The van der Waals surface area contributed by atoms with Crippen molar-refractivity contribution in [2.45, 2.75) is 32.1 Å². The van der Waals surface area contributed by atoms with Crippen LogP contribution in [-0.4, -0.2) is 0 Å². The number of benzene rings is 10. The lowest BCUT2D eigenvalue weighted by Crippen LogP contribution is -2.23. The van der Waals surface area contributed by atoms with Crippen molar-refractivity contribution in [3.63, 3.8) is 0 Å². The highest BCUT2D eigenvalue weighted by atomic mass is 14.4. The number of hydrogen-bond acceptors (Lipinski definition) is 0. The highest BCUT2D eigenvalue weighted by Gasteiger charge is 2.40. The molecule has 0 saturated carbocycles. The van der Waals surface area contributed by atoms with Gasteiger partial charge in [0.2, 0.25) is 0 Å². The van der Waals surface area contributed by atoms with Crippen molar-refractivity contribution in [1.29, 1.82) is 0 Å². The predicted molar refractivity (Wildman–Crippen MR) is 261 cm³/mol. The van der Waals surface area contributed by atoms with Crippen LogP contribution < -0.4 is 0 Å². The Balaban J connectivity index is 0.841. The van der Waals surface area contributed by atoms with Gasteiger partial charge >= 0.3 is 0 Å². The molecule has 10 aromatic rings. The Bertz CT molecular complexity index is 2990. The average Bonchev–Trinajstić information content (AvgIpc) is 3.62. The largest absolute Gasteiger partial charge is 0.0642 e. The SMILES string of the molecule is CCC1(CC)c2cc(-c3ccc(-c4ccc(-c5cccc6ccccc56)cc4)cc3)ccc2-c2ccc(-c3ccc(-c4ccc(-c5cccc6ccccc56)cc4)cc3)cc21. The van der Waals surface area contributed by atoms with E-state index in [4.69, 9.17) is 0 Å². The number of hydrogen-bond donors (Lipinski definition) is 0. The Kier molecular flexibility index (Phi) is 9.09. The summed E-state index contributed by atoms with van der Waals surface area (Å²) < 4.78 is 0. The topological polar surface area (TPSA) is 0 Å². The van der Waals surface area contributed by atoms with Crippen LogP contribution >= 0.6 is 0 Å². The van der Waals surface area contributed by atoms with Crippen molar-refractivity contribution in [2.75, 3.05) is 0 Å². The predicted octanol–water partition coefficient (Wildman–Crippen LogP) is 17.1. The van der Waals surface area contributed by atoms with Gasteiger partial charge in [-0.25, -0.2) is 0 Å². The van der Waals surface area contributed by atoms with Gasteiger partial charge in [0.25, 0.3) is 0 Å². The summed E-state index contributed by atoms with van der Waals surface area (Å²) in [7, 11) is 0. The van der Waals surface area contributed by atoms with Gasteiger partial charge in [-0.1, -0.05) is 220 Å². The van der Waals surface area contributed by atoms with Gasteiger partial charge in [0.05, 0.1) is 0 Å². The minimum atomic E-state index is -0.0335. The van der Waals surface area contributed by atoms with Crippen LogP contribution in [0.2, 0.25) is 0 Å². The minimum Gasteiger partial charge on any atom is -0.0642 e. The molecule has 0 unspecified atom stereocenters. The first-order chi connectivity index (χ1) is 30.1. The van der Waals surface area contributed by atoms with Crippen molar-refractivity contribution in [3.8, 4) is 77.9 Å². The molecule has 1 aliphatic rings. The molecule has 0 saturated heterocycles. The van der Waals surface area contributed by atoms with E-state index in [1.165, 1.54) is 111 Å². The van der Waals surface area contributed by atoms with Crippen LogP contribution in [0.4, 0.5) is 0 Å². The molecule has 0 fully saturated rings. The van der Waals surface area contributed by atoms with Gasteiger partial charge < -0.3 is 0 Å². The van der Waals surface area contributed by atoms with Crippen LogP contribution in [0.15, 0.2) is 218 Å². The second kappa shape index (κ2) is 15.1. The number of rotatable bonds is 8. The molecular weight excluding hydrogens is 733 g/mol. The van der Waals surface area contributed by atoms with Crippen LogP contribution in [0, 0.1) is 0 Å². The molecule has 10 aromatic carbocycles. The molecule has 0 aromatic heterocycles. The second-order valence-corrected chi connectivity index (χ2v) is 16.7. The standard InChI is InChI=1S/C61H46/c1-3-61(4-2)59-39-51(45-23-19-41(20-24-45)43-27-31-49(32-28-43)55-17-9-13-47-11-5-7-15-53(47)55)35-37-57(59)58-38-36-52(40-60(58)61)46-25-21-42(22-26-46)44-29-33-50(34-30-44)56-18-10-14-48-12-6-8-16-54(48)56/h5-40H,3-4H2,1-2H3. The van der Waals surface area contributed by atoms with E-state index in [9.17, 15) is 0 Å². The third-order valence-electron chi connectivity index (χ3n) is 13.6. The van der Waals surface area contributed by atoms with Gasteiger partial charge in [0.1, 0.15) is 0 Å². The van der Waals surface area contributed by atoms with E-state index in [1.54, 1.807) is 0 Å². The Morgan fingerprint density at radius 3 is 0.918 bits per heavy atom. The van der Waals surface area contributed by atoms with Crippen molar-refractivity contribution in [2.24, 2.45) is 0 Å². The Hall–Kier alpha value is -7.28. The molecule has 0 spiro atoms. The fourth-order valence-corrected chi connectivity index (χ4v) is 10.2. The smallest absolute Gasteiger partial charge is 0.0210 e. The molecule has 0 amide bonds. The van der Waals surface area contributed by atoms with E-state index in [2.05, 4.69) is 232 Å². The lowest BCUT2D eigenvalue weighted by atomic mass is 9.73. The fourth-order valence-electron chi connectivity index (χ4n) is 10.2. The van der Waals surface area contributed by atoms with Gasteiger partial charge in [-0.2, -0.15) is 0 Å². The molecule has 1 aliphatic carbocycles. The van der Waals surface area contributed by atoms with Crippen LogP contribution in [0.25, 0.3) is 99.4 Å². The zero-order valence-electron chi connectivity index (χ0n) is 34.7. The molecule has 61 heavy (non-hydrogen) atoms. The Morgan fingerprint density at radius 2 is 0.557 bits per heavy atom. The molecule has 0 nitrogen and oxygen atoms in total. The first-order valence-electron chi connectivity index (χ1n) is 21.8. The van der Waals surface area contributed by atoms with Gasteiger partial charge in [0, 0.05) is 5.41 Å². The molecule has 0 radical (unpaired) electrons. The van der Waals surface area contributed by atoms with E-state index in [-0.39, 0.29) is 5.41 Å². The molecule has 0 heteroatoms. The van der Waals surface area contributed by atoms with Crippen molar-refractivity contribution < 1.29 is 0 Å². The lowest BCUT2D eigenvalue weighted by molar-refractivity contribution is 0.491. The van der Waals surface area contributed by atoms with E-state index >= 15 is 0 Å². The van der Waals surface area contributed by atoms with Gasteiger partial charge in [-0.15, -0.1) is 0 Å². The summed E-state index contributed by atoms with van der Waals surface area (Å²) in [6.07, 6.45) is 2.11. The van der Waals surface area contributed by atoms with Gasteiger partial charge in [0.15, 0.2) is 0 Å². The first-order valence-corrected chi connectivity index (χ1v) is 21.8. The maximum Gasteiger partial charge on any atom is 0.0210 e. The summed E-state index contributed by atoms with van der Waals surface area (Å²) in [6.45, 7) is 4.73. The fraction of sp³-hybridized carbons (Fsp3) is 0.0820. The zero-order chi connectivity index (χ0) is 40.9. The minimum absolute atomic E-state index is 0.0335. The highest BCUT2D eigenvalue weighted by Crippen LogP contribution is 2.54. The maximum atomic E-state index is 2.48. The third-order valence-corrected chi connectivity index (χ3v) is 13.6. The maximum absolute atomic E-state index is 2.48. The summed E-state index contributed by atoms with van der Waals surface area (Å²) in [6, 6.07) is 81.0. The van der Waals surface area contributed by atoms with Crippen molar-refractivity contribution >= 4 is 21.5 Å². The zero-order valence-corrected chi connectivity index (χ0v) is 34.7. The van der Waals surface area contributed by atoms with Crippen molar-refractivity contribution in [1.82, 2.24) is 0 Å². The molecule has 0 heterocycles. The van der Waals surface area contributed by atoms with Crippen LogP contribution in [0.5, 0.6) is 0 Å². The van der Waals surface area contributed by atoms with E-state index in [0.717, 1.165) is 12.8 Å². The number of fused-ring (bicyclic) bond motifs is 5. The van der Waals surface area contributed by atoms with E-state index in [0.29, 0.717) is 0 Å². The molecule has 0 bridgehead atoms. The monoisotopic (exact) mass is 778 g/mol. The quantitative estimate of drug-likeness (QED) is 0.144. The van der Waals surface area contributed by atoms with E-state index in [1.807, 2.05) is 0 Å². The Labute approximate surface area is 359 Å². The molecular formula is C61H46. The van der Waals surface area contributed by atoms with Gasteiger partial charge in [-0.05, 0) is 136 Å². The Morgan fingerprint density at radius 1 is 0.262 bits per heavy atom. The van der Waals surface area contributed by atoms with Crippen LogP contribution in [0.3, 0.4) is 0 Å². The first kappa shape index (κ1) is 36.8. The van der Waals surface area contributed by atoms with E-state index < -0.39 is 0 Å². The molecule has 0 N–H and O–H groups in total. The second-order valence-electron chi connectivity index (χ2n) is 16.7. The normalized spacial score (nSPS) is 12.7. The van der Waals surface area contributed by atoms with Gasteiger partial charge in [-0.3, -0.25) is 0 Å². The summed E-state index contributed by atoms with van der Waals surface area (Å²) in [4.78, 5) is 0. The average molecular weight is 779 g/mol. The molecule has 0 aliphatic heterocycles. The molecule has 11 rings (SSSR count). The molecule has 290 valence electrons. The summed E-state index contributed by atoms with van der Waals surface area (Å²) in [5.41, 5.74) is 20.6. The summed E-state index contributed by atoms with van der Waals surface area (Å²) in [5.74, 6) is 0. The van der Waals surface area contributed by atoms with Crippen LogP contribution in [-0.2, 0) is 5.41 Å². The van der Waals surface area contributed by atoms with Crippen LogP contribution in [0.1, 0.15) is 37.8 Å². The lowest BCUT2D eigenvalue weighted by Gasteiger charge is -2.30. The molecule has 0 atom stereocenters. The van der Waals surface area contributed by atoms with Crippen molar-refractivity contribution in [3.05, 3.63) is 230 Å². The summed E-state index contributed by atoms with van der Waals surface area (Å²) >= 11 is 0. The third kappa shape index (κ3) is 6.30. The highest BCUT2D eigenvalue weighted by molar-refractivity contribution is 5.98. The summed E-state index contributed by atoms with van der Waals surface area (Å²) in [5, 5.41) is 5.12.